The Morgan fingerprint density at radius 2 is 1.90 bits per heavy atom. The van der Waals surface area contributed by atoms with E-state index in [1.54, 1.807) is 19.1 Å². The molecule has 1 fully saturated rings. The van der Waals surface area contributed by atoms with Crippen molar-refractivity contribution >= 4 is 0 Å². The Labute approximate surface area is 117 Å². The summed E-state index contributed by atoms with van der Waals surface area (Å²) < 4.78 is 44.2. The standard InChI is InChI=1S/C15H20F3NO/c1-11(19-10-12-6-8-20-9-7-12)13-4-2-3-5-14(13)15(16,17)18/h2-5,11-12,19H,6-10H2,1H3. The Kier molecular flexibility index (Phi) is 5.05. The van der Waals surface area contributed by atoms with Gasteiger partial charge >= 0.3 is 6.18 Å². The molecule has 20 heavy (non-hydrogen) atoms. The Hall–Kier alpha value is -1.07. The van der Waals surface area contributed by atoms with Crippen LogP contribution >= 0.6 is 0 Å². The molecule has 0 radical (unpaired) electrons. The third-order valence-electron chi connectivity index (χ3n) is 3.79. The molecule has 1 aliphatic rings. The van der Waals surface area contributed by atoms with Crippen LogP contribution < -0.4 is 5.32 Å². The summed E-state index contributed by atoms with van der Waals surface area (Å²) in [5, 5.41) is 3.23. The molecule has 0 spiro atoms. The highest BCUT2D eigenvalue weighted by Gasteiger charge is 2.34. The van der Waals surface area contributed by atoms with E-state index in [2.05, 4.69) is 5.32 Å². The van der Waals surface area contributed by atoms with E-state index in [-0.39, 0.29) is 6.04 Å². The van der Waals surface area contributed by atoms with Gasteiger partial charge in [0.25, 0.3) is 0 Å². The second-order valence-electron chi connectivity index (χ2n) is 5.27. The summed E-state index contributed by atoms with van der Waals surface area (Å²) in [6.07, 6.45) is -2.35. The summed E-state index contributed by atoms with van der Waals surface area (Å²) in [7, 11) is 0. The third kappa shape index (κ3) is 3.96. The minimum absolute atomic E-state index is 0.310. The monoisotopic (exact) mass is 287 g/mol. The van der Waals surface area contributed by atoms with E-state index in [9.17, 15) is 13.2 Å². The van der Waals surface area contributed by atoms with Gasteiger partial charge in [0.1, 0.15) is 0 Å². The minimum atomic E-state index is -4.30. The molecule has 0 aliphatic carbocycles. The second kappa shape index (κ2) is 6.59. The maximum atomic E-state index is 13.0. The average molecular weight is 287 g/mol. The molecule has 0 saturated carbocycles. The lowest BCUT2D eigenvalue weighted by molar-refractivity contribution is -0.138. The molecule has 2 rings (SSSR count). The van der Waals surface area contributed by atoms with Crippen LogP contribution in [0.1, 0.15) is 36.9 Å². The molecule has 0 aromatic heterocycles. The highest BCUT2D eigenvalue weighted by Crippen LogP contribution is 2.34. The number of halogens is 3. The SMILES string of the molecule is CC(NCC1CCOCC1)c1ccccc1C(F)(F)F. The minimum Gasteiger partial charge on any atom is -0.381 e. The van der Waals surface area contributed by atoms with Crippen molar-refractivity contribution in [3.8, 4) is 0 Å². The van der Waals surface area contributed by atoms with Crippen LogP contribution in [0.3, 0.4) is 0 Å². The Balaban J connectivity index is 2.00. The van der Waals surface area contributed by atoms with E-state index in [1.165, 1.54) is 6.07 Å². The number of rotatable bonds is 4. The number of hydrogen-bond acceptors (Lipinski definition) is 2. The lowest BCUT2D eigenvalue weighted by Gasteiger charge is -2.25. The maximum Gasteiger partial charge on any atom is 0.416 e. The molecule has 1 unspecified atom stereocenters. The van der Waals surface area contributed by atoms with Crippen molar-refractivity contribution in [2.45, 2.75) is 32.0 Å². The van der Waals surface area contributed by atoms with Crippen molar-refractivity contribution in [1.82, 2.24) is 5.32 Å². The van der Waals surface area contributed by atoms with Gasteiger partial charge in [-0.3, -0.25) is 0 Å². The lowest BCUT2D eigenvalue weighted by atomic mass is 9.97. The lowest BCUT2D eigenvalue weighted by Crippen LogP contribution is -2.30. The highest BCUT2D eigenvalue weighted by molar-refractivity contribution is 5.32. The Bertz CT molecular complexity index is 427. The molecular formula is C15H20F3NO. The Morgan fingerprint density at radius 1 is 1.25 bits per heavy atom. The third-order valence-corrected chi connectivity index (χ3v) is 3.79. The number of nitrogens with one attached hydrogen (secondary N) is 1. The van der Waals surface area contributed by atoms with Gasteiger partial charge in [-0.25, -0.2) is 0 Å². The first kappa shape index (κ1) is 15.3. The molecule has 1 aliphatic heterocycles. The highest BCUT2D eigenvalue weighted by atomic mass is 19.4. The number of hydrogen-bond donors (Lipinski definition) is 1. The van der Waals surface area contributed by atoms with Crippen molar-refractivity contribution in [2.24, 2.45) is 5.92 Å². The fraction of sp³-hybridized carbons (Fsp3) is 0.600. The first-order chi connectivity index (χ1) is 9.48. The summed E-state index contributed by atoms with van der Waals surface area (Å²) in [4.78, 5) is 0. The van der Waals surface area contributed by atoms with Crippen LogP contribution in [0.15, 0.2) is 24.3 Å². The first-order valence-electron chi connectivity index (χ1n) is 6.95. The number of ether oxygens (including phenoxy) is 1. The molecule has 2 nitrogen and oxygen atoms in total. The van der Waals surface area contributed by atoms with Crippen LogP contribution in [0.25, 0.3) is 0 Å². The topological polar surface area (TPSA) is 21.3 Å². The largest absolute Gasteiger partial charge is 0.416 e. The predicted molar refractivity (Wildman–Crippen MR) is 71.4 cm³/mol. The first-order valence-corrected chi connectivity index (χ1v) is 6.95. The zero-order valence-electron chi connectivity index (χ0n) is 11.5. The quantitative estimate of drug-likeness (QED) is 0.910. The van der Waals surface area contributed by atoms with Crippen LogP contribution in [-0.4, -0.2) is 19.8 Å². The van der Waals surface area contributed by atoms with Gasteiger partial charge in [-0.05, 0) is 43.9 Å². The molecule has 0 amide bonds. The summed E-state index contributed by atoms with van der Waals surface area (Å²) in [5.74, 6) is 0.490. The van der Waals surface area contributed by atoms with E-state index in [0.29, 0.717) is 11.5 Å². The van der Waals surface area contributed by atoms with E-state index < -0.39 is 11.7 Å². The molecule has 112 valence electrons. The smallest absolute Gasteiger partial charge is 0.381 e. The van der Waals surface area contributed by atoms with Crippen LogP contribution in [0.5, 0.6) is 0 Å². The van der Waals surface area contributed by atoms with Crippen molar-refractivity contribution < 1.29 is 17.9 Å². The molecule has 5 heteroatoms. The normalized spacial score (nSPS) is 19.0. The van der Waals surface area contributed by atoms with Crippen molar-refractivity contribution in [1.29, 1.82) is 0 Å². The number of alkyl halides is 3. The van der Waals surface area contributed by atoms with Gasteiger partial charge in [0, 0.05) is 19.3 Å². The van der Waals surface area contributed by atoms with Gasteiger partial charge < -0.3 is 10.1 Å². The second-order valence-corrected chi connectivity index (χ2v) is 5.27. The van der Waals surface area contributed by atoms with Crippen molar-refractivity contribution in [2.75, 3.05) is 19.8 Å². The van der Waals surface area contributed by atoms with Gasteiger partial charge in [-0.1, -0.05) is 18.2 Å². The van der Waals surface area contributed by atoms with Crippen molar-refractivity contribution in [3.05, 3.63) is 35.4 Å². The fourth-order valence-corrected chi connectivity index (χ4v) is 2.54. The number of benzene rings is 1. The molecule has 1 heterocycles. The molecule has 1 saturated heterocycles. The van der Waals surface area contributed by atoms with E-state index in [0.717, 1.165) is 38.7 Å². The zero-order chi connectivity index (χ0) is 14.6. The van der Waals surface area contributed by atoms with E-state index >= 15 is 0 Å². The van der Waals surface area contributed by atoms with E-state index in [1.807, 2.05) is 0 Å². The molecule has 1 N–H and O–H groups in total. The summed E-state index contributed by atoms with van der Waals surface area (Å²) in [5.41, 5.74) is -0.237. The van der Waals surface area contributed by atoms with Gasteiger partial charge in [-0.2, -0.15) is 13.2 Å². The molecule has 1 aromatic carbocycles. The van der Waals surface area contributed by atoms with Crippen LogP contribution in [0, 0.1) is 5.92 Å². The van der Waals surface area contributed by atoms with E-state index in [4.69, 9.17) is 4.74 Å². The van der Waals surface area contributed by atoms with Crippen LogP contribution in [0.2, 0.25) is 0 Å². The van der Waals surface area contributed by atoms with Gasteiger partial charge in [0.15, 0.2) is 0 Å². The predicted octanol–water partition coefficient (Wildman–Crippen LogP) is 3.78. The summed E-state index contributed by atoms with van der Waals surface area (Å²) in [6.45, 7) is 4.01. The van der Waals surface area contributed by atoms with Crippen molar-refractivity contribution in [3.63, 3.8) is 0 Å². The maximum absolute atomic E-state index is 13.0. The van der Waals surface area contributed by atoms with Gasteiger partial charge in [0.2, 0.25) is 0 Å². The summed E-state index contributed by atoms with van der Waals surface area (Å²) in [6, 6.07) is 5.46. The average Bonchev–Trinajstić information content (AvgIpc) is 2.45. The van der Waals surface area contributed by atoms with Crippen LogP contribution in [0.4, 0.5) is 13.2 Å². The van der Waals surface area contributed by atoms with Gasteiger partial charge in [0.05, 0.1) is 5.56 Å². The fourth-order valence-electron chi connectivity index (χ4n) is 2.54. The molecular weight excluding hydrogens is 267 g/mol. The summed E-state index contributed by atoms with van der Waals surface area (Å²) >= 11 is 0. The zero-order valence-corrected chi connectivity index (χ0v) is 11.5. The van der Waals surface area contributed by atoms with Gasteiger partial charge in [-0.15, -0.1) is 0 Å². The molecule has 0 bridgehead atoms. The molecule has 1 aromatic rings. The molecule has 1 atom stereocenters. The Morgan fingerprint density at radius 3 is 2.55 bits per heavy atom. The van der Waals surface area contributed by atoms with Crippen LogP contribution in [-0.2, 0) is 10.9 Å².